The van der Waals surface area contributed by atoms with Crippen molar-refractivity contribution >= 4 is 33.4 Å². The molecular formula is C26H28F7N5O3S. The summed E-state index contributed by atoms with van der Waals surface area (Å²) < 4.78 is 100. The third-order valence-corrected chi connectivity index (χ3v) is 8.50. The molecule has 1 aliphatic heterocycles. The molecule has 0 spiro atoms. The molecule has 8 nitrogen and oxygen atoms in total. The van der Waals surface area contributed by atoms with E-state index in [2.05, 4.69) is 20.5 Å². The van der Waals surface area contributed by atoms with Crippen molar-refractivity contribution in [1.29, 1.82) is 0 Å². The number of benzene rings is 1. The Morgan fingerprint density at radius 1 is 1.14 bits per heavy atom. The van der Waals surface area contributed by atoms with E-state index < -0.39 is 69.9 Å². The Kier molecular flexibility index (Phi) is 8.02. The maximum Gasteiger partial charge on any atom is 0.310 e. The quantitative estimate of drug-likeness (QED) is 0.261. The van der Waals surface area contributed by atoms with Crippen LogP contribution in [-0.2, 0) is 14.3 Å². The summed E-state index contributed by atoms with van der Waals surface area (Å²) >= 11 is 0. The fourth-order valence-electron chi connectivity index (χ4n) is 5.08. The Morgan fingerprint density at radius 3 is 2.33 bits per heavy atom. The number of carbonyl (C=O) groups is 2. The van der Waals surface area contributed by atoms with E-state index in [4.69, 9.17) is 11.3 Å². The fraction of sp³-hybridized carbons (Fsp3) is 0.462. The van der Waals surface area contributed by atoms with E-state index in [-0.39, 0.29) is 54.9 Å². The number of rotatable bonds is 8. The predicted molar refractivity (Wildman–Crippen MR) is 141 cm³/mol. The Balaban J connectivity index is 1.82. The zero-order valence-corrected chi connectivity index (χ0v) is 23.0. The molecule has 2 heterocycles. The van der Waals surface area contributed by atoms with Gasteiger partial charge in [0.1, 0.15) is 10.9 Å². The number of hydrogen-bond acceptors (Lipinski definition) is 5. The van der Waals surface area contributed by atoms with E-state index in [0.717, 1.165) is 11.1 Å². The van der Waals surface area contributed by atoms with Crippen LogP contribution in [0.5, 0.6) is 0 Å². The second-order valence-corrected chi connectivity index (χ2v) is 12.7. The zero-order chi connectivity index (χ0) is 31.0. The monoisotopic (exact) mass is 623 g/mol. The van der Waals surface area contributed by atoms with E-state index >= 15 is 0 Å². The largest absolute Gasteiger partial charge is 0.380 e. The highest BCUT2D eigenvalue weighted by Gasteiger charge is 2.65. The van der Waals surface area contributed by atoms with Crippen LogP contribution in [0.25, 0.3) is 4.85 Å². The molecular weight excluding hydrogens is 595 g/mol. The van der Waals surface area contributed by atoms with Gasteiger partial charge in [-0.05, 0) is 49.6 Å². The number of aromatic nitrogens is 1. The molecule has 1 saturated heterocycles. The first kappa shape index (κ1) is 31.5. The molecule has 0 radical (unpaired) electrons. The van der Waals surface area contributed by atoms with Crippen molar-refractivity contribution in [2.75, 3.05) is 18.6 Å². The molecule has 2 aromatic rings. The van der Waals surface area contributed by atoms with Gasteiger partial charge in [0.15, 0.2) is 5.69 Å². The molecule has 1 unspecified atom stereocenters. The van der Waals surface area contributed by atoms with Crippen molar-refractivity contribution in [2.24, 2.45) is 0 Å². The summed E-state index contributed by atoms with van der Waals surface area (Å²) in [5.41, 5.74) is -0.558. The van der Waals surface area contributed by atoms with Crippen LogP contribution in [0.4, 0.5) is 39.6 Å². The molecule has 2 amide bonds. The van der Waals surface area contributed by atoms with Crippen LogP contribution in [0, 0.1) is 6.57 Å². The van der Waals surface area contributed by atoms with Crippen LogP contribution < -0.4 is 15.5 Å². The third kappa shape index (κ3) is 7.13. The number of anilines is 1. The van der Waals surface area contributed by atoms with E-state index in [1.165, 1.54) is 19.4 Å². The first-order valence-corrected chi connectivity index (χ1v) is 14.8. The minimum absolute atomic E-state index is 0.0829. The summed E-state index contributed by atoms with van der Waals surface area (Å²) in [6.45, 7) is 7.81. The highest BCUT2D eigenvalue weighted by atomic mass is 32.5. The van der Waals surface area contributed by atoms with Crippen LogP contribution in [0.2, 0.25) is 0 Å². The Hall–Kier alpha value is -3.42. The molecule has 2 N–H and O–H groups in total. The summed E-state index contributed by atoms with van der Waals surface area (Å²) in [4.78, 5) is 33.8. The lowest BCUT2D eigenvalue weighted by Crippen LogP contribution is -2.52. The SMILES string of the molecule is [C-]#[N+]c1ccncc1C(C(=O)NC1CCC(F)(F)CC1)N(C(=O)[C@H]1C[C@@H](OC)CN1)c1ccc(S(F)(F)(F)(F)F)cc1. The molecule has 1 aromatic heterocycles. The Labute approximate surface area is 237 Å². The zero-order valence-electron chi connectivity index (χ0n) is 22.2. The van der Waals surface area contributed by atoms with Gasteiger partial charge in [-0.15, -0.1) is 0 Å². The lowest BCUT2D eigenvalue weighted by Gasteiger charge is -2.41. The van der Waals surface area contributed by atoms with Gasteiger partial charge in [-0.1, -0.05) is 19.4 Å². The summed E-state index contributed by atoms with van der Waals surface area (Å²) in [7, 11) is -8.66. The predicted octanol–water partition coefficient (Wildman–Crippen LogP) is 6.44. The van der Waals surface area contributed by atoms with Crippen LogP contribution >= 0.6 is 10.2 Å². The third-order valence-electron chi connectivity index (χ3n) is 7.33. The topological polar surface area (TPSA) is 87.9 Å². The first-order valence-electron chi connectivity index (χ1n) is 12.9. The molecule has 2 aliphatic rings. The van der Waals surface area contributed by atoms with Gasteiger partial charge in [0, 0.05) is 56.2 Å². The average Bonchev–Trinajstić information content (AvgIpc) is 3.41. The number of nitrogens with one attached hydrogen (secondary N) is 2. The van der Waals surface area contributed by atoms with E-state index in [9.17, 15) is 37.8 Å². The molecule has 4 rings (SSSR count). The number of nitrogens with zero attached hydrogens (tertiary/aromatic N) is 3. The number of amides is 2. The highest BCUT2D eigenvalue weighted by Crippen LogP contribution is 3.02. The van der Waals surface area contributed by atoms with Crippen molar-refractivity contribution in [3.05, 3.63) is 59.7 Å². The molecule has 1 aromatic carbocycles. The van der Waals surface area contributed by atoms with Crippen molar-refractivity contribution in [2.45, 2.75) is 67.2 Å². The molecule has 42 heavy (non-hydrogen) atoms. The van der Waals surface area contributed by atoms with E-state index in [1.54, 1.807) is 0 Å². The van der Waals surface area contributed by atoms with Crippen molar-refractivity contribution in [3.8, 4) is 0 Å². The van der Waals surface area contributed by atoms with E-state index in [1.807, 2.05) is 0 Å². The van der Waals surface area contributed by atoms with E-state index in [0.29, 0.717) is 12.1 Å². The number of halogens is 7. The molecule has 3 atom stereocenters. The van der Waals surface area contributed by atoms with Gasteiger partial charge >= 0.3 is 10.2 Å². The summed E-state index contributed by atoms with van der Waals surface area (Å²) in [5.74, 6) is -4.63. The van der Waals surface area contributed by atoms with Gasteiger partial charge in [-0.2, -0.15) is 0 Å². The summed E-state index contributed by atoms with van der Waals surface area (Å²) in [5, 5.41) is 5.55. The number of methoxy groups -OCH3 is 1. The smallest absolute Gasteiger partial charge is 0.310 e. The first-order chi connectivity index (χ1) is 19.4. The van der Waals surface area contributed by atoms with Crippen LogP contribution in [0.1, 0.15) is 43.7 Å². The van der Waals surface area contributed by atoms with Gasteiger partial charge in [0.2, 0.25) is 17.7 Å². The van der Waals surface area contributed by atoms with Crippen molar-refractivity contribution in [1.82, 2.24) is 15.6 Å². The second-order valence-electron chi connectivity index (χ2n) is 10.3. The Bertz CT molecular complexity index is 1380. The highest BCUT2D eigenvalue weighted by molar-refractivity contribution is 8.45. The van der Waals surface area contributed by atoms with Crippen LogP contribution in [-0.4, -0.2) is 54.6 Å². The second kappa shape index (κ2) is 10.7. The molecule has 2 fully saturated rings. The number of ether oxygens (including phenoxy) is 1. The standard InChI is InChI=1S/C26H28F7N5O3S/c1-34-21-9-12-35-15-20(21)23(24(39)37-16-7-10-26(27,28)11-8-16)38(25(40)22-13-18(41-2)14-36-22)17-3-5-19(6-4-17)42(29,30,31,32)33/h3-6,9,12,15-16,18,22-23,36H,7-8,10-11,13-14H2,2H3,(H,37,39)/t18-,22-,23?/m1/s1. The fourth-order valence-corrected chi connectivity index (χ4v) is 5.73. The molecule has 230 valence electrons. The average molecular weight is 624 g/mol. The van der Waals surface area contributed by atoms with Crippen molar-refractivity contribution < 1.29 is 42.5 Å². The van der Waals surface area contributed by atoms with Crippen molar-refractivity contribution in [3.63, 3.8) is 0 Å². The number of carbonyl (C=O) groups excluding carboxylic acids is 2. The summed E-state index contributed by atoms with van der Waals surface area (Å²) in [6.07, 6.45) is 0.940. The molecule has 0 bridgehead atoms. The normalized spacial score (nSPS) is 23.2. The van der Waals surface area contributed by atoms with Gasteiger partial charge in [-0.25, -0.2) is 13.6 Å². The van der Waals surface area contributed by atoms with Crippen LogP contribution in [0.3, 0.4) is 0 Å². The van der Waals surface area contributed by atoms with Gasteiger partial charge in [0.25, 0.3) is 0 Å². The van der Waals surface area contributed by atoms with Crippen LogP contribution in [0.15, 0.2) is 47.6 Å². The number of alkyl halides is 2. The molecule has 16 heteroatoms. The lowest BCUT2D eigenvalue weighted by molar-refractivity contribution is -0.128. The Morgan fingerprint density at radius 2 is 1.79 bits per heavy atom. The number of pyridine rings is 1. The van der Waals surface area contributed by atoms with Gasteiger partial charge in [-0.3, -0.25) is 19.5 Å². The van der Waals surface area contributed by atoms with Gasteiger partial charge < -0.3 is 15.4 Å². The summed E-state index contributed by atoms with van der Waals surface area (Å²) in [6, 6.07) is -0.648. The minimum atomic E-state index is -10.1. The maximum atomic E-state index is 14.0. The molecule has 1 saturated carbocycles. The maximum absolute atomic E-state index is 14.0. The number of hydrogen-bond donors (Lipinski definition) is 2. The minimum Gasteiger partial charge on any atom is -0.380 e. The lowest BCUT2D eigenvalue weighted by atomic mass is 9.91. The van der Waals surface area contributed by atoms with Gasteiger partial charge in [0.05, 0.1) is 18.7 Å². The molecule has 1 aliphatic carbocycles.